The maximum atomic E-state index is 11.9. The maximum Gasteiger partial charge on any atom is 0.224 e. The number of nitro groups is 1. The third-order valence-corrected chi connectivity index (χ3v) is 3.27. The van der Waals surface area contributed by atoms with E-state index in [4.69, 9.17) is 0 Å². The molecule has 0 aromatic rings. The molecule has 1 aliphatic heterocycles. The van der Waals surface area contributed by atoms with Crippen LogP contribution >= 0.6 is 0 Å². The van der Waals surface area contributed by atoms with E-state index >= 15 is 0 Å². The lowest BCUT2D eigenvalue weighted by Crippen LogP contribution is -2.48. The van der Waals surface area contributed by atoms with E-state index in [1.165, 1.54) is 0 Å². The summed E-state index contributed by atoms with van der Waals surface area (Å²) in [5.41, 5.74) is 0. The summed E-state index contributed by atoms with van der Waals surface area (Å²) in [4.78, 5) is 23.9. The molecule has 1 saturated heterocycles. The third-order valence-electron chi connectivity index (χ3n) is 3.27. The molecule has 1 rings (SSSR count). The van der Waals surface area contributed by atoms with Crippen LogP contribution in [0.3, 0.4) is 0 Å². The Kier molecular flexibility index (Phi) is 4.66. The van der Waals surface area contributed by atoms with E-state index in [1.807, 2.05) is 13.8 Å². The van der Waals surface area contributed by atoms with Crippen LogP contribution < -0.4 is 0 Å². The lowest BCUT2D eigenvalue weighted by molar-refractivity contribution is -0.487. The lowest BCUT2D eigenvalue weighted by atomic mass is 10.0. The van der Waals surface area contributed by atoms with Crippen molar-refractivity contribution >= 4 is 5.91 Å². The van der Waals surface area contributed by atoms with Gasteiger partial charge in [0, 0.05) is 17.4 Å². The van der Waals surface area contributed by atoms with Crippen LogP contribution in [0, 0.1) is 16.0 Å². The van der Waals surface area contributed by atoms with Gasteiger partial charge in [0.15, 0.2) is 0 Å². The van der Waals surface area contributed by atoms with Crippen molar-refractivity contribution in [3.63, 3.8) is 0 Å². The van der Waals surface area contributed by atoms with E-state index < -0.39 is 0 Å². The highest BCUT2D eigenvalue weighted by atomic mass is 16.6. The summed E-state index contributed by atoms with van der Waals surface area (Å²) in [5, 5.41) is 10.7. The number of nitrogens with zero attached hydrogens (tertiary/aromatic N) is 2. The molecule has 17 heavy (non-hydrogen) atoms. The molecular weight excluding hydrogens is 220 g/mol. The maximum absolute atomic E-state index is 11.9. The molecule has 1 heterocycles. The van der Waals surface area contributed by atoms with Crippen LogP contribution in [0.15, 0.2) is 12.7 Å². The molecule has 0 N–H and O–H groups in total. The second-order valence-electron chi connectivity index (χ2n) is 4.84. The largest absolute Gasteiger partial charge is 0.330 e. The van der Waals surface area contributed by atoms with Crippen LogP contribution in [-0.4, -0.2) is 34.4 Å². The predicted octanol–water partition coefficient (Wildman–Crippen LogP) is 1.85. The molecule has 0 radical (unpaired) electrons. The first-order valence-corrected chi connectivity index (χ1v) is 6.01. The zero-order chi connectivity index (χ0) is 13.0. The molecule has 1 fully saturated rings. The first-order valence-electron chi connectivity index (χ1n) is 6.01. The van der Waals surface area contributed by atoms with Crippen LogP contribution in [0.2, 0.25) is 0 Å². The fourth-order valence-electron chi connectivity index (χ4n) is 2.41. The van der Waals surface area contributed by atoms with Gasteiger partial charge in [-0.15, -0.1) is 6.58 Å². The Balaban J connectivity index is 2.85. The molecule has 2 atom stereocenters. The zero-order valence-electron chi connectivity index (χ0n) is 10.5. The average Bonchev–Trinajstić information content (AvgIpc) is 2.57. The zero-order valence-corrected chi connectivity index (χ0v) is 10.5. The second-order valence-corrected chi connectivity index (χ2v) is 4.84. The SMILES string of the molecule is C=CC[C@@H]1CCC(=O)N1[C@@H](C[N+](=O)[O-])C(C)C. The number of carbonyl (C=O) groups is 1. The summed E-state index contributed by atoms with van der Waals surface area (Å²) < 4.78 is 0. The Morgan fingerprint density at radius 3 is 2.76 bits per heavy atom. The Bertz CT molecular complexity index is 315. The van der Waals surface area contributed by atoms with Crippen molar-refractivity contribution in [1.29, 1.82) is 0 Å². The highest BCUT2D eigenvalue weighted by molar-refractivity contribution is 5.79. The smallest absolute Gasteiger partial charge is 0.224 e. The Labute approximate surface area is 102 Å². The van der Waals surface area contributed by atoms with Crippen molar-refractivity contribution in [1.82, 2.24) is 4.90 Å². The van der Waals surface area contributed by atoms with Crippen LogP contribution in [0.5, 0.6) is 0 Å². The van der Waals surface area contributed by atoms with Crippen molar-refractivity contribution in [3.05, 3.63) is 22.8 Å². The highest BCUT2D eigenvalue weighted by Gasteiger charge is 2.38. The summed E-state index contributed by atoms with van der Waals surface area (Å²) in [6.07, 6.45) is 3.78. The van der Waals surface area contributed by atoms with Crippen molar-refractivity contribution in [2.24, 2.45) is 5.92 Å². The van der Waals surface area contributed by atoms with Gasteiger partial charge < -0.3 is 4.90 Å². The summed E-state index contributed by atoms with van der Waals surface area (Å²) in [7, 11) is 0. The lowest BCUT2D eigenvalue weighted by Gasteiger charge is -2.33. The van der Waals surface area contributed by atoms with Crippen LogP contribution in [0.1, 0.15) is 33.1 Å². The van der Waals surface area contributed by atoms with Gasteiger partial charge in [-0.3, -0.25) is 14.9 Å². The van der Waals surface area contributed by atoms with Gasteiger partial charge in [-0.2, -0.15) is 0 Å². The standard InChI is InChI=1S/C12H20N2O3/c1-4-5-10-6-7-12(15)14(10)11(9(2)3)8-13(16)17/h4,9-11H,1,5-8H2,2-3H3/t10-,11+/m1/s1. The molecule has 0 bridgehead atoms. The summed E-state index contributed by atoms with van der Waals surface area (Å²) in [6.45, 7) is 7.35. The Morgan fingerprint density at radius 1 is 1.65 bits per heavy atom. The van der Waals surface area contributed by atoms with E-state index in [0.29, 0.717) is 12.8 Å². The quantitative estimate of drug-likeness (QED) is 0.404. The summed E-state index contributed by atoms with van der Waals surface area (Å²) in [6, 6.07) is -0.211. The van der Waals surface area contributed by atoms with E-state index in [2.05, 4.69) is 6.58 Å². The van der Waals surface area contributed by atoms with E-state index in [9.17, 15) is 14.9 Å². The van der Waals surface area contributed by atoms with Gasteiger partial charge in [-0.1, -0.05) is 19.9 Å². The minimum Gasteiger partial charge on any atom is -0.330 e. The van der Waals surface area contributed by atoms with Gasteiger partial charge in [-0.05, 0) is 18.8 Å². The highest BCUT2D eigenvalue weighted by Crippen LogP contribution is 2.27. The van der Waals surface area contributed by atoms with Crippen LogP contribution in [-0.2, 0) is 4.79 Å². The molecular formula is C12H20N2O3. The molecule has 1 aliphatic rings. The Hall–Kier alpha value is -1.39. The number of hydrogen-bond donors (Lipinski definition) is 0. The molecule has 0 saturated carbocycles. The molecule has 5 heteroatoms. The van der Waals surface area contributed by atoms with Gasteiger partial charge in [0.25, 0.3) is 0 Å². The first kappa shape index (κ1) is 13.7. The van der Waals surface area contributed by atoms with Gasteiger partial charge >= 0.3 is 0 Å². The fraction of sp³-hybridized carbons (Fsp3) is 0.750. The van der Waals surface area contributed by atoms with Crippen molar-refractivity contribution < 1.29 is 9.72 Å². The van der Waals surface area contributed by atoms with E-state index in [1.54, 1.807) is 11.0 Å². The van der Waals surface area contributed by atoms with Gasteiger partial charge in [0.05, 0.1) is 6.04 Å². The van der Waals surface area contributed by atoms with Gasteiger partial charge in [-0.25, -0.2) is 0 Å². The van der Waals surface area contributed by atoms with Crippen molar-refractivity contribution in [3.8, 4) is 0 Å². The van der Waals surface area contributed by atoms with E-state index in [-0.39, 0.29) is 35.4 Å². The van der Waals surface area contributed by atoms with Crippen molar-refractivity contribution in [2.45, 2.75) is 45.2 Å². The molecule has 0 aromatic carbocycles. The molecule has 96 valence electrons. The van der Waals surface area contributed by atoms with Crippen molar-refractivity contribution in [2.75, 3.05) is 6.54 Å². The number of carbonyl (C=O) groups excluding carboxylic acids is 1. The third kappa shape index (κ3) is 3.28. The number of amides is 1. The molecule has 1 amide bonds. The molecule has 0 unspecified atom stereocenters. The van der Waals surface area contributed by atoms with Gasteiger partial charge in [0.2, 0.25) is 12.5 Å². The second kappa shape index (κ2) is 5.80. The average molecular weight is 240 g/mol. The molecule has 0 spiro atoms. The van der Waals surface area contributed by atoms with Crippen LogP contribution in [0.4, 0.5) is 0 Å². The predicted molar refractivity (Wildman–Crippen MR) is 65.2 cm³/mol. The summed E-state index contributed by atoms with van der Waals surface area (Å²) in [5.74, 6) is 0.132. The molecule has 0 aromatic heterocycles. The molecule has 5 nitrogen and oxygen atoms in total. The number of hydrogen-bond acceptors (Lipinski definition) is 3. The Morgan fingerprint density at radius 2 is 2.29 bits per heavy atom. The minimum atomic E-state index is -0.332. The number of rotatable bonds is 6. The number of likely N-dealkylation sites (tertiary alicyclic amines) is 1. The minimum absolute atomic E-state index is 0.0393. The molecule has 0 aliphatic carbocycles. The topological polar surface area (TPSA) is 63.5 Å². The monoisotopic (exact) mass is 240 g/mol. The van der Waals surface area contributed by atoms with Gasteiger partial charge in [0.1, 0.15) is 0 Å². The normalized spacial score (nSPS) is 21.9. The summed E-state index contributed by atoms with van der Waals surface area (Å²) >= 11 is 0. The van der Waals surface area contributed by atoms with Crippen LogP contribution in [0.25, 0.3) is 0 Å². The first-order chi connectivity index (χ1) is 7.97. The fourth-order valence-corrected chi connectivity index (χ4v) is 2.41. The van der Waals surface area contributed by atoms with E-state index in [0.717, 1.165) is 6.42 Å².